The fourth-order valence-electron chi connectivity index (χ4n) is 1.92. The molecule has 1 amide bonds. The molecule has 3 nitrogen and oxygen atoms in total. The van der Waals surface area contributed by atoms with Gasteiger partial charge in [-0.25, -0.2) is 0 Å². The third-order valence-corrected chi connectivity index (χ3v) is 2.65. The first-order valence-electron chi connectivity index (χ1n) is 5.10. The van der Waals surface area contributed by atoms with E-state index in [2.05, 4.69) is 44.9 Å². The van der Waals surface area contributed by atoms with Crippen LogP contribution < -0.4 is 58.2 Å². The Morgan fingerprint density at radius 3 is 2.27 bits per heavy atom. The van der Waals surface area contributed by atoms with Gasteiger partial charge in [-0.05, 0) is 17.4 Å². The largest absolute Gasteiger partial charge is 1.00 e. The molecule has 80 valence electrons. The summed E-state index contributed by atoms with van der Waals surface area (Å²) < 4.78 is 0. The number of hydrogen-bond donors (Lipinski definition) is 0. The minimum absolute atomic E-state index is 0. The second kappa shape index (κ2) is 6.03. The normalized spacial score (nSPS) is 26.1. The zero-order valence-electron chi connectivity index (χ0n) is 10.6. The second-order valence-corrected chi connectivity index (χ2v) is 5.31. The van der Waals surface area contributed by atoms with Crippen molar-refractivity contribution in [3.05, 3.63) is 5.32 Å². The Morgan fingerprint density at radius 1 is 1.40 bits per heavy atom. The van der Waals surface area contributed by atoms with Crippen molar-refractivity contribution in [1.82, 2.24) is 0 Å². The summed E-state index contributed by atoms with van der Waals surface area (Å²) >= 11 is 0. The first-order valence-corrected chi connectivity index (χ1v) is 5.10. The molecular weight excluding hydrogens is 262 g/mol. The van der Waals surface area contributed by atoms with Crippen LogP contribution >= 0.6 is 0 Å². The summed E-state index contributed by atoms with van der Waals surface area (Å²) in [6.07, 6.45) is 1.41. The van der Waals surface area contributed by atoms with Crippen molar-refractivity contribution in [2.45, 2.75) is 40.7 Å². The topological polar surface area (TPSA) is 43.5 Å². The Balaban J connectivity index is 0.00000196. The summed E-state index contributed by atoms with van der Waals surface area (Å²) in [5.74, 6) is 0.286. The van der Waals surface area contributed by atoms with Gasteiger partial charge in [-0.2, -0.15) is 0 Å². The molecule has 2 atom stereocenters. The predicted octanol–water partition coefficient (Wildman–Crippen LogP) is -0.380. The summed E-state index contributed by atoms with van der Waals surface area (Å²) in [5, 5.41) is 3.78. The zero-order chi connectivity index (χ0) is 10.9. The number of hydrogen-bond acceptors (Lipinski definition) is 2. The molecule has 0 aliphatic carbocycles. The van der Waals surface area contributed by atoms with Crippen molar-refractivity contribution in [2.24, 2.45) is 22.2 Å². The molecule has 0 aromatic heterocycles. The quantitative estimate of drug-likeness (QED) is 0.646. The van der Waals surface area contributed by atoms with Crippen molar-refractivity contribution < 1.29 is 63.0 Å². The van der Waals surface area contributed by atoms with Crippen LogP contribution in [0, 0.1) is 17.3 Å². The minimum atomic E-state index is -0.0764. The summed E-state index contributed by atoms with van der Waals surface area (Å²) in [5.41, 5.74) is -0.0622. The summed E-state index contributed by atoms with van der Waals surface area (Å²) in [6.45, 7) is 10.4. The van der Waals surface area contributed by atoms with Gasteiger partial charge in [-0.15, -0.1) is 0 Å². The first kappa shape index (κ1) is 15.9. The molecule has 0 spiro atoms. The molecule has 0 fully saturated rings. The maximum atomic E-state index is 11.7. The van der Waals surface area contributed by atoms with Gasteiger partial charge in [-0.1, -0.05) is 41.0 Å². The SMILES string of the molecule is CC(C)C1N=C[N-]C(=O)C1C(C)(C)C.[Rb+]. The number of nitrogens with zero attached hydrogens (tertiary/aromatic N) is 2. The molecule has 1 aliphatic rings. The average molecular weight is 281 g/mol. The molecule has 0 saturated heterocycles. The molecular formula is C11H19N2ORb. The van der Waals surface area contributed by atoms with Crippen LogP contribution in [0.1, 0.15) is 34.6 Å². The van der Waals surface area contributed by atoms with Crippen molar-refractivity contribution in [1.29, 1.82) is 0 Å². The predicted molar refractivity (Wildman–Crippen MR) is 58.4 cm³/mol. The monoisotopic (exact) mass is 280 g/mol. The van der Waals surface area contributed by atoms with Gasteiger partial charge in [0.25, 0.3) is 0 Å². The second-order valence-electron chi connectivity index (χ2n) is 5.31. The summed E-state index contributed by atoms with van der Waals surface area (Å²) in [6, 6.07) is 0.0833. The van der Waals surface area contributed by atoms with Crippen LogP contribution in [0.4, 0.5) is 0 Å². The third kappa shape index (κ3) is 4.02. The van der Waals surface area contributed by atoms with E-state index in [0.29, 0.717) is 5.92 Å². The molecule has 0 radical (unpaired) electrons. The van der Waals surface area contributed by atoms with Crippen LogP contribution in [0.5, 0.6) is 0 Å². The Labute approximate surface area is 141 Å². The molecule has 0 saturated carbocycles. The fourth-order valence-corrected chi connectivity index (χ4v) is 1.92. The van der Waals surface area contributed by atoms with Gasteiger partial charge >= 0.3 is 58.2 Å². The molecule has 0 N–H and O–H groups in total. The summed E-state index contributed by atoms with van der Waals surface area (Å²) in [4.78, 5) is 16.0. The molecule has 4 heteroatoms. The van der Waals surface area contributed by atoms with Crippen molar-refractivity contribution >= 4 is 12.2 Å². The van der Waals surface area contributed by atoms with E-state index in [4.69, 9.17) is 0 Å². The van der Waals surface area contributed by atoms with E-state index in [1.165, 1.54) is 6.34 Å². The zero-order valence-corrected chi connectivity index (χ0v) is 15.5. The van der Waals surface area contributed by atoms with Gasteiger partial charge in [-0.3, -0.25) is 4.79 Å². The number of carbonyl (C=O) groups is 1. The molecule has 0 bridgehead atoms. The van der Waals surface area contributed by atoms with Crippen molar-refractivity contribution in [3.8, 4) is 0 Å². The van der Waals surface area contributed by atoms with E-state index in [0.717, 1.165) is 0 Å². The van der Waals surface area contributed by atoms with Gasteiger partial charge in [0.15, 0.2) is 5.91 Å². The van der Waals surface area contributed by atoms with Gasteiger partial charge in [0.05, 0.1) is 0 Å². The number of rotatable bonds is 1. The Kier molecular flexibility index (Phi) is 6.42. The van der Waals surface area contributed by atoms with E-state index in [1.807, 2.05) is 0 Å². The molecule has 0 aromatic carbocycles. The van der Waals surface area contributed by atoms with E-state index < -0.39 is 0 Å². The van der Waals surface area contributed by atoms with Crippen molar-refractivity contribution in [3.63, 3.8) is 0 Å². The van der Waals surface area contributed by atoms with Gasteiger partial charge in [0, 0.05) is 5.92 Å². The van der Waals surface area contributed by atoms with Crippen LogP contribution in [-0.2, 0) is 4.79 Å². The maximum absolute atomic E-state index is 11.7. The summed E-state index contributed by atoms with van der Waals surface area (Å²) in [7, 11) is 0. The third-order valence-electron chi connectivity index (χ3n) is 2.65. The Hall–Kier alpha value is 0.945. The molecule has 15 heavy (non-hydrogen) atoms. The van der Waals surface area contributed by atoms with Crippen LogP contribution in [0.15, 0.2) is 4.99 Å². The molecule has 0 aromatic rings. The fraction of sp³-hybridized carbons (Fsp3) is 0.818. The average Bonchev–Trinajstić information content (AvgIpc) is 2.01. The van der Waals surface area contributed by atoms with Crippen LogP contribution in [0.3, 0.4) is 0 Å². The Morgan fingerprint density at radius 2 is 1.93 bits per heavy atom. The smallest absolute Gasteiger partial charge is 0.467 e. The van der Waals surface area contributed by atoms with E-state index in [1.54, 1.807) is 0 Å². The van der Waals surface area contributed by atoms with E-state index in [9.17, 15) is 4.79 Å². The van der Waals surface area contributed by atoms with Crippen LogP contribution in [0.25, 0.3) is 5.32 Å². The molecule has 2 unspecified atom stereocenters. The van der Waals surface area contributed by atoms with E-state index >= 15 is 0 Å². The van der Waals surface area contributed by atoms with Crippen LogP contribution in [-0.4, -0.2) is 18.3 Å². The standard InChI is InChI=1S/C11H20N2O.Rb/c1-7(2)9-8(11(3,4)5)10(14)13-6-12-9;/h6-9H,1-5H3,(H,12,13,14);/q;+1/p-1. The molecule has 1 rings (SSSR count). The van der Waals surface area contributed by atoms with Gasteiger partial charge in [0.2, 0.25) is 0 Å². The van der Waals surface area contributed by atoms with Crippen molar-refractivity contribution in [2.75, 3.05) is 0 Å². The number of aliphatic imine (C=N–C) groups is 1. The van der Waals surface area contributed by atoms with Gasteiger partial charge in [0.1, 0.15) is 0 Å². The Bertz CT molecular complexity index is 256. The van der Waals surface area contributed by atoms with Crippen LogP contribution in [0.2, 0.25) is 0 Å². The molecule has 1 heterocycles. The molecule has 1 aliphatic heterocycles. The van der Waals surface area contributed by atoms with Gasteiger partial charge < -0.3 is 10.3 Å². The first-order chi connectivity index (χ1) is 6.34. The minimum Gasteiger partial charge on any atom is -0.467 e. The maximum Gasteiger partial charge on any atom is 1.00 e. The number of amides is 1. The van der Waals surface area contributed by atoms with E-state index in [-0.39, 0.29) is 81.5 Å². The number of carbonyl (C=O) groups excluding carboxylic acids is 1.